The van der Waals surface area contributed by atoms with Gasteiger partial charge in [-0.25, -0.2) is 0 Å². The number of morpholine rings is 1. The maximum atomic E-state index is 5.52. The van der Waals surface area contributed by atoms with Crippen LogP contribution in [-0.2, 0) is 11.2 Å². The Balaban J connectivity index is 0.00000364. The number of aliphatic imine (C=N–C) groups is 1. The average molecular weight is 490 g/mol. The van der Waals surface area contributed by atoms with Crippen LogP contribution in [0.2, 0.25) is 0 Å². The van der Waals surface area contributed by atoms with Crippen LogP contribution in [0, 0.1) is 6.92 Å². The third-order valence-electron chi connectivity index (χ3n) is 4.95. The Hall–Kier alpha value is -1.06. The molecule has 0 bridgehead atoms. The normalized spacial score (nSPS) is 19.1. The van der Waals surface area contributed by atoms with Crippen LogP contribution >= 0.6 is 24.0 Å². The maximum absolute atomic E-state index is 5.52. The number of ether oxygens (including phenoxy) is 2. The molecule has 1 aromatic carbocycles. The standard InChI is InChI=1S/C20H34N4O2.HI/c1-15-6-7-18(12-19(15)25-5)8-9-22-20(21-4)23-13-16(2)24-10-11-26-14-17(24)3;/h6-7,12,16-17H,8-11,13-14H2,1-5H3,(H2,21,22,23);1H. The van der Waals surface area contributed by atoms with Crippen molar-refractivity contribution in [1.82, 2.24) is 15.5 Å². The first-order chi connectivity index (χ1) is 12.5. The first kappa shape index (κ1) is 24.0. The molecule has 2 unspecified atom stereocenters. The van der Waals surface area contributed by atoms with E-state index in [4.69, 9.17) is 9.47 Å². The number of nitrogens with zero attached hydrogens (tertiary/aromatic N) is 2. The second-order valence-electron chi connectivity index (χ2n) is 6.94. The lowest BCUT2D eigenvalue weighted by Gasteiger charge is -2.38. The molecule has 6 nitrogen and oxygen atoms in total. The fourth-order valence-electron chi connectivity index (χ4n) is 3.32. The van der Waals surface area contributed by atoms with Crippen molar-refractivity contribution < 1.29 is 9.47 Å². The summed E-state index contributed by atoms with van der Waals surface area (Å²) in [5.74, 6) is 1.79. The number of benzene rings is 1. The Morgan fingerprint density at radius 3 is 2.85 bits per heavy atom. The summed E-state index contributed by atoms with van der Waals surface area (Å²) in [6.45, 7) is 10.9. The van der Waals surface area contributed by atoms with Gasteiger partial charge in [0.2, 0.25) is 0 Å². The lowest BCUT2D eigenvalue weighted by Crippen LogP contribution is -2.53. The summed E-state index contributed by atoms with van der Waals surface area (Å²) in [6, 6.07) is 7.26. The van der Waals surface area contributed by atoms with Gasteiger partial charge in [0.05, 0.1) is 20.3 Å². The number of rotatable bonds is 7. The number of guanidine groups is 1. The molecule has 0 saturated carbocycles. The third-order valence-corrected chi connectivity index (χ3v) is 4.95. The van der Waals surface area contributed by atoms with Crippen molar-refractivity contribution in [2.24, 2.45) is 4.99 Å². The van der Waals surface area contributed by atoms with Gasteiger partial charge in [0.1, 0.15) is 5.75 Å². The Labute approximate surface area is 181 Å². The van der Waals surface area contributed by atoms with E-state index in [0.29, 0.717) is 12.1 Å². The van der Waals surface area contributed by atoms with Gasteiger partial charge in [-0.3, -0.25) is 9.89 Å². The number of aryl methyl sites for hydroxylation is 1. The highest BCUT2D eigenvalue weighted by atomic mass is 127. The van der Waals surface area contributed by atoms with E-state index in [1.807, 2.05) is 7.05 Å². The molecule has 1 aliphatic heterocycles. The zero-order valence-corrected chi connectivity index (χ0v) is 19.6. The molecule has 0 aromatic heterocycles. The quantitative estimate of drug-likeness (QED) is 0.350. The van der Waals surface area contributed by atoms with Crippen LogP contribution in [0.15, 0.2) is 23.2 Å². The minimum atomic E-state index is 0. The molecular weight excluding hydrogens is 455 g/mol. The van der Waals surface area contributed by atoms with Crippen molar-refractivity contribution in [2.45, 2.75) is 39.3 Å². The first-order valence-electron chi connectivity index (χ1n) is 9.46. The van der Waals surface area contributed by atoms with Crippen molar-refractivity contribution in [2.75, 3.05) is 47.0 Å². The lowest BCUT2D eigenvalue weighted by atomic mass is 10.1. The minimum Gasteiger partial charge on any atom is -0.496 e. The van der Waals surface area contributed by atoms with Gasteiger partial charge in [-0.1, -0.05) is 12.1 Å². The summed E-state index contributed by atoms with van der Waals surface area (Å²) >= 11 is 0. The predicted molar refractivity (Wildman–Crippen MR) is 123 cm³/mol. The van der Waals surface area contributed by atoms with Crippen LogP contribution in [0.5, 0.6) is 5.75 Å². The molecule has 154 valence electrons. The van der Waals surface area contributed by atoms with E-state index >= 15 is 0 Å². The molecule has 1 saturated heterocycles. The number of halogens is 1. The van der Waals surface area contributed by atoms with Gasteiger partial charge < -0.3 is 20.1 Å². The van der Waals surface area contributed by atoms with Crippen molar-refractivity contribution in [3.8, 4) is 5.75 Å². The van der Waals surface area contributed by atoms with Crippen LogP contribution in [0.3, 0.4) is 0 Å². The summed E-state index contributed by atoms with van der Waals surface area (Å²) < 4.78 is 10.9. The minimum absolute atomic E-state index is 0. The molecule has 2 N–H and O–H groups in total. The average Bonchev–Trinajstić information content (AvgIpc) is 2.65. The fourth-order valence-corrected chi connectivity index (χ4v) is 3.32. The summed E-state index contributed by atoms with van der Waals surface area (Å²) in [4.78, 5) is 6.82. The largest absolute Gasteiger partial charge is 0.496 e. The molecule has 0 radical (unpaired) electrons. The summed E-state index contributed by atoms with van der Waals surface area (Å²) in [5, 5.41) is 6.83. The van der Waals surface area contributed by atoms with E-state index < -0.39 is 0 Å². The van der Waals surface area contributed by atoms with Crippen LogP contribution < -0.4 is 15.4 Å². The van der Waals surface area contributed by atoms with E-state index in [9.17, 15) is 0 Å². The molecule has 1 heterocycles. The van der Waals surface area contributed by atoms with E-state index in [0.717, 1.165) is 56.5 Å². The first-order valence-corrected chi connectivity index (χ1v) is 9.46. The Kier molecular flexibility index (Phi) is 11.0. The number of hydrogen-bond donors (Lipinski definition) is 2. The lowest BCUT2D eigenvalue weighted by molar-refractivity contribution is -0.0174. The summed E-state index contributed by atoms with van der Waals surface area (Å²) in [5.41, 5.74) is 2.42. The molecule has 0 spiro atoms. The molecule has 27 heavy (non-hydrogen) atoms. The van der Waals surface area contributed by atoms with Crippen molar-refractivity contribution in [1.29, 1.82) is 0 Å². The Morgan fingerprint density at radius 2 is 2.19 bits per heavy atom. The van der Waals surface area contributed by atoms with Crippen LogP contribution in [0.1, 0.15) is 25.0 Å². The molecule has 7 heteroatoms. The van der Waals surface area contributed by atoms with Crippen LogP contribution in [0.25, 0.3) is 0 Å². The predicted octanol–water partition coefficient (Wildman–Crippen LogP) is 2.44. The highest BCUT2D eigenvalue weighted by Gasteiger charge is 2.23. The third kappa shape index (κ3) is 7.46. The van der Waals surface area contributed by atoms with E-state index in [-0.39, 0.29) is 24.0 Å². The van der Waals surface area contributed by atoms with E-state index in [2.05, 4.69) is 59.5 Å². The molecule has 1 aromatic rings. The molecule has 0 amide bonds. The molecule has 2 atom stereocenters. The second kappa shape index (κ2) is 12.4. The molecule has 1 aliphatic rings. The van der Waals surface area contributed by atoms with Gasteiger partial charge in [-0.2, -0.15) is 0 Å². The van der Waals surface area contributed by atoms with Crippen LogP contribution in [-0.4, -0.2) is 69.9 Å². The van der Waals surface area contributed by atoms with Gasteiger partial charge in [0, 0.05) is 38.8 Å². The van der Waals surface area contributed by atoms with Crippen molar-refractivity contribution in [3.05, 3.63) is 29.3 Å². The number of hydrogen-bond acceptors (Lipinski definition) is 4. The van der Waals surface area contributed by atoms with Gasteiger partial charge >= 0.3 is 0 Å². The topological polar surface area (TPSA) is 58.1 Å². The highest BCUT2D eigenvalue weighted by molar-refractivity contribution is 14.0. The van der Waals surface area contributed by atoms with Crippen molar-refractivity contribution >= 4 is 29.9 Å². The Morgan fingerprint density at radius 1 is 1.41 bits per heavy atom. The van der Waals surface area contributed by atoms with E-state index in [1.54, 1.807) is 7.11 Å². The zero-order chi connectivity index (χ0) is 18.9. The molecular formula is C20H35IN4O2. The van der Waals surface area contributed by atoms with Gasteiger partial charge in [0.25, 0.3) is 0 Å². The number of nitrogens with one attached hydrogen (secondary N) is 2. The maximum Gasteiger partial charge on any atom is 0.191 e. The molecule has 0 aliphatic carbocycles. The Bertz CT molecular complexity index is 597. The summed E-state index contributed by atoms with van der Waals surface area (Å²) in [7, 11) is 3.53. The fraction of sp³-hybridized carbons (Fsp3) is 0.650. The second-order valence-corrected chi connectivity index (χ2v) is 6.94. The summed E-state index contributed by atoms with van der Waals surface area (Å²) in [6.07, 6.45) is 0.924. The highest BCUT2D eigenvalue weighted by Crippen LogP contribution is 2.19. The zero-order valence-electron chi connectivity index (χ0n) is 17.2. The molecule has 1 fully saturated rings. The van der Waals surface area contributed by atoms with Gasteiger partial charge in [-0.05, 0) is 44.4 Å². The van der Waals surface area contributed by atoms with Gasteiger partial charge in [0.15, 0.2) is 5.96 Å². The van der Waals surface area contributed by atoms with E-state index in [1.165, 1.54) is 5.56 Å². The monoisotopic (exact) mass is 490 g/mol. The SMILES string of the molecule is CN=C(NCCc1ccc(C)c(OC)c1)NCC(C)N1CCOCC1C.I. The number of methoxy groups -OCH3 is 1. The van der Waals surface area contributed by atoms with Gasteiger partial charge in [-0.15, -0.1) is 24.0 Å². The van der Waals surface area contributed by atoms with Crippen LogP contribution in [0.4, 0.5) is 0 Å². The smallest absolute Gasteiger partial charge is 0.191 e. The molecule has 2 rings (SSSR count). The van der Waals surface area contributed by atoms with Crippen molar-refractivity contribution in [3.63, 3.8) is 0 Å².